The molecule has 0 radical (unpaired) electrons. The zero-order chi connectivity index (χ0) is 14.6. The molecular formula is C13H21F3N2S. The van der Waals surface area contributed by atoms with Crippen molar-refractivity contribution in [1.29, 1.82) is 0 Å². The summed E-state index contributed by atoms with van der Waals surface area (Å²) in [6, 6.07) is 1.16. The van der Waals surface area contributed by atoms with Crippen molar-refractivity contribution in [2.45, 2.75) is 51.0 Å². The van der Waals surface area contributed by atoms with Gasteiger partial charge in [0, 0.05) is 17.0 Å². The van der Waals surface area contributed by atoms with Gasteiger partial charge in [-0.15, -0.1) is 11.3 Å². The summed E-state index contributed by atoms with van der Waals surface area (Å²) in [7, 11) is 1.51. The summed E-state index contributed by atoms with van der Waals surface area (Å²) < 4.78 is 39.4. The van der Waals surface area contributed by atoms with Crippen LogP contribution in [0.2, 0.25) is 0 Å². The first-order valence-corrected chi connectivity index (χ1v) is 7.22. The van der Waals surface area contributed by atoms with Gasteiger partial charge >= 0.3 is 6.18 Å². The number of nitrogens with two attached hydrogens (primary N) is 1. The largest absolute Gasteiger partial charge is 0.405 e. The molecule has 1 aromatic rings. The molecule has 0 saturated heterocycles. The molecule has 1 heterocycles. The van der Waals surface area contributed by atoms with Crippen LogP contribution in [0, 0.1) is 0 Å². The van der Waals surface area contributed by atoms with Crippen LogP contribution in [0.15, 0.2) is 17.5 Å². The van der Waals surface area contributed by atoms with Gasteiger partial charge in [-0.05, 0) is 38.3 Å². The number of halogens is 3. The summed E-state index contributed by atoms with van der Waals surface area (Å²) >= 11 is 1.56. The molecule has 0 aromatic carbocycles. The van der Waals surface area contributed by atoms with E-state index < -0.39 is 18.3 Å². The monoisotopic (exact) mass is 294 g/mol. The van der Waals surface area contributed by atoms with Crippen molar-refractivity contribution in [3.05, 3.63) is 22.4 Å². The molecule has 3 atom stereocenters. The number of alkyl halides is 3. The Labute approximate surface area is 116 Å². The number of hydrogen-bond donors (Lipinski definition) is 1. The van der Waals surface area contributed by atoms with E-state index in [9.17, 15) is 13.2 Å². The number of thiophene rings is 1. The maximum Gasteiger partial charge on any atom is 0.405 e. The molecule has 2 N–H and O–H groups in total. The third-order valence-electron chi connectivity index (χ3n) is 3.42. The van der Waals surface area contributed by atoms with E-state index in [1.807, 2.05) is 17.5 Å². The van der Waals surface area contributed by atoms with E-state index in [1.54, 1.807) is 25.2 Å². The van der Waals surface area contributed by atoms with Gasteiger partial charge < -0.3 is 5.73 Å². The lowest BCUT2D eigenvalue weighted by molar-refractivity contribution is -0.190. The molecule has 2 nitrogen and oxygen atoms in total. The Morgan fingerprint density at radius 3 is 2.47 bits per heavy atom. The van der Waals surface area contributed by atoms with Gasteiger partial charge in [0.25, 0.3) is 0 Å². The first-order chi connectivity index (χ1) is 8.77. The van der Waals surface area contributed by atoms with E-state index in [2.05, 4.69) is 0 Å². The molecule has 0 aliphatic rings. The second-order valence-electron chi connectivity index (χ2n) is 4.86. The molecule has 3 unspecified atom stereocenters. The summed E-state index contributed by atoms with van der Waals surface area (Å²) in [6.45, 7) is 3.49. The third-order valence-corrected chi connectivity index (χ3v) is 4.32. The van der Waals surface area contributed by atoms with E-state index in [0.717, 1.165) is 4.88 Å². The number of hydrogen-bond acceptors (Lipinski definition) is 3. The van der Waals surface area contributed by atoms with E-state index in [-0.39, 0.29) is 6.04 Å². The Morgan fingerprint density at radius 2 is 2.05 bits per heavy atom. The van der Waals surface area contributed by atoms with Crippen LogP contribution in [0.4, 0.5) is 13.2 Å². The minimum absolute atomic E-state index is 0.206. The predicted octanol–water partition coefficient (Wildman–Crippen LogP) is 3.28. The molecule has 0 saturated carbocycles. The van der Waals surface area contributed by atoms with Gasteiger partial charge in [-0.2, -0.15) is 13.2 Å². The quantitative estimate of drug-likeness (QED) is 0.872. The summed E-state index contributed by atoms with van der Waals surface area (Å²) in [5.41, 5.74) is 5.66. The lowest BCUT2D eigenvalue weighted by atomic mass is 10.0. The summed E-state index contributed by atoms with van der Waals surface area (Å²) in [6.07, 6.45) is -3.38. The molecule has 0 aliphatic carbocycles. The predicted molar refractivity (Wildman–Crippen MR) is 73.4 cm³/mol. The Bertz CT molecular complexity index is 364. The summed E-state index contributed by atoms with van der Waals surface area (Å²) in [5.74, 6) is 0. The van der Waals surface area contributed by atoms with Crippen LogP contribution in [-0.4, -0.2) is 36.2 Å². The molecule has 6 heteroatoms. The topological polar surface area (TPSA) is 29.3 Å². The molecule has 19 heavy (non-hydrogen) atoms. The highest BCUT2D eigenvalue weighted by atomic mass is 32.1. The van der Waals surface area contributed by atoms with Crippen LogP contribution in [0.25, 0.3) is 0 Å². The van der Waals surface area contributed by atoms with Gasteiger partial charge in [-0.3, -0.25) is 4.90 Å². The maximum absolute atomic E-state index is 13.1. The average Bonchev–Trinajstić information content (AvgIpc) is 2.79. The first-order valence-electron chi connectivity index (χ1n) is 6.34. The van der Waals surface area contributed by atoms with Crippen molar-refractivity contribution in [1.82, 2.24) is 4.90 Å². The van der Waals surface area contributed by atoms with Crippen molar-refractivity contribution < 1.29 is 13.2 Å². The number of likely N-dealkylation sites (N-methyl/N-ethyl adjacent to an activating group) is 1. The van der Waals surface area contributed by atoms with Gasteiger partial charge in [0.15, 0.2) is 0 Å². The van der Waals surface area contributed by atoms with Crippen LogP contribution >= 0.6 is 11.3 Å². The van der Waals surface area contributed by atoms with Crippen LogP contribution in [0.1, 0.15) is 25.1 Å². The highest BCUT2D eigenvalue weighted by Crippen LogP contribution is 2.29. The Kier molecular flexibility index (Phi) is 5.82. The highest BCUT2D eigenvalue weighted by Gasteiger charge is 2.46. The third kappa shape index (κ3) is 4.47. The minimum atomic E-state index is -4.30. The first kappa shape index (κ1) is 16.5. The zero-order valence-electron chi connectivity index (χ0n) is 11.4. The van der Waals surface area contributed by atoms with Crippen LogP contribution in [0.5, 0.6) is 0 Å². The van der Waals surface area contributed by atoms with Crippen LogP contribution < -0.4 is 5.73 Å². The zero-order valence-corrected chi connectivity index (χ0v) is 12.3. The maximum atomic E-state index is 13.1. The molecular weight excluding hydrogens is 273 g/mol. The second kappa shape index (κ2) is 6.72. The van der Waals surface area contributed by atoms with Crippen molar-refractivity contribution in [3.8, 4) is 0 Å². The molecule has 1 aromatic heterocycles. The molecule has 0 aliphatic heterocycles. The van der Waals surface area contributed by atoms with Crippen molar-refractivity contribution in [2.75, 3.05) is 7.05 Å². The number of nitrogens with zero attached hydrogens (tertiary/aromatic N) is 1. The lowest BCUT2D eigenvalue weighted by Gasteiger charge is -2.37. The van der Waals surface area contributed by atoms with Gasteiger partial charge in [0.2, 0.25) is 0 Å². The highest BCUT2D eigenvalue weighted by molar-refractivity contribution is 7.09. The van der Waals surface area contributed by atoms with E-state index in [4.69, 9.17) is 5.73 Å². The van der Waals surface area contributed by atoms with Crippen LogP contribution in [0.3, 0.4) is 0 Å². The standard InChI is InChI=1S/C13H21F3N2S/c1-4-11(17)12(13(14,15)16)18(3)9(2)8-10-6-5-7-19-10/h5-7,9,11-12H,4,8,17H2,1-3H3. The molecule has 0 spiro atoms. The summed E-state index contributed by atoms with van der Waals surface area (Å²) in [5, 5.41) is 1.93. The molecule has 110 valence electrons. The van der Waals surface area contributed by atoms with Gasteiger partial charge in [0.05, 0.1) is 0 Å². The Hall–Kier alpha value is -0.590. The molecule has 0 amide bonds. The fourth-order valence-electron chi connectivity index (χ4n) is 2.14. The molecule has 1 rings (SSSR count). The smallest absolute Gasteiger partial charge is 0.326 e. The SMILES string of the molecule is CCC(N)C(N(C)C(C)Cc1cccs1)C(F)(F)F. The van der Waals surface area contributed by atoms with Gasteiger partial charge in [-0.1, -0.05) is 13.0 Å². The lowest BCUT2D eigenvalue weighted by Crippen LogP contribution is -2.57. The second-order valence-corrected chi connectivity index (χ2v) is 5.89. The van der Waals surface area contributed by atoms with Gasteiger partial charge in [0.1, 0.15) is 6.04 Å². The van der Waals surface area contributed by atoms with Gasteiger partial charge in [-0.25, -0.2) is 0 Å². The van der Waals surface area contributed by atoms with Crippen molar-refractivity contribution >= 4 is 11.3 Å². The summed E-state index contributed by atoms with van der Waals surface area (Å²) in [4.78, 5) is 2.44. The minimum Gasteiger partial charge on any atom is -0.326 e. The normalized spacial score (nSPS) is 17.5. The van der Waals surface area contributed by atoms with E-state index in [0.29, 0.717) is 12.8 Å². The average molecular weight is 294 g/mol. The molecule has 0 fully saturated rings. The Morgan fingerprint density at radius 1 is 1.42 bits per heavy atom. The van der Waals surface area contributed by atoms with Crippen molar-refractivity contribution in [3.63, 3.8) is 0 Å². The molecule has 0 bridgehead atoms. The van der Waals surface area contributed by atoms with E-state index >= 15 is 0 Å². The number of rotatable bonds is 6. The fraction of sp³-hybridized carbons (Fsp3) is 0.692. The van der Waals surface area contributed by atoms with E-state index in [1.165, 1.54) is 11.9 Å². The Balaban J connectivity index is 2.78. The van der Waals surface area contributed by atoms with Crippen molar-refractivity contribution in [2.24, 2.45) is 5.73 Å². The van der Waals surface area contributed by atoms with Crippen LogP contribution in [-0.2, 0) is 6.42 Å². The fourth-order valence-corrected chi connectivity index (χ4v) is 2.96.